The Balaban J connectivity index is 1.62. The second-order valence-electron chi connectivity index (χ2n) is 10.3. The largest absolute Gasteiger partial charge is 0.465 e. The van der Waals surface area contributed by atoms with Gasteiger partial charge in [0.1, 0.15) is 0 Å². The third-order valence-electron chi connectivity index (χ3n) is 7.98. The van der Waals surface area contributed by atoms with Crippen LogP contribution >= 0.6 is 15.9 Å². The summed E-state index contributed by atoms with van der Waals surface area (Å²) in [5, 5.41) is 0. The lowest BCUT2D eigenvalue weighted by Gasteiger charge is -2.36. The van der Waals surface area contributed by atoms with Crippen molar-refractivity contribution in [2.24, 2.45) is 29.6 Å². The monoisotopic (exact) mass is 567 g/mol. The van der Waals surface area contributed by atoms with Crippen molar-refractivity contribution in [3.63, 3.8) is 0 Å². The van der Waals surface area contributed by atoms with E-state index in [9.17, 15) is 13.2 Å². The van der Waals surface area contributed by atoms with Gasteiger partial charge < -0.3 is 4.74 Å². The van der Waals surface area contributed by atoms with Crippen molar-refractivity contribution in [1.29, 1.82) is 0 Å². The van der Waals surface area contributed by atoms with Crippen LogP contribution in [0.1, 0.15) is 77.6 Å². The number of nitrogens with one attached hydrogen (secondary N) is 1. The van der Waals surface area contributed by atoms with Crippen molar-refractivity contribution in [2.45, 2.75) is 82.4 Å². The Morgan fingerprint density at radius 3 is 2.54 bits per heavy atom. The molecule has 2 fully saturated rings. The molecule has 0 saturated heterocycles. The number of fused-ring (bicyclic) bond motifs is 2. The molecule has 5 nitrogen and oxygen atoms in total. The van der Waals surface area contributed by atoms with Crippen molar-refractivity contribution < 1.29 is 17.9 Å². The van der Waals surface area contributed by atoms with Gasteiger partial charge >= 0.3 is 5.97 Å². The molecule has 7 heteroatoms. The molecular formula is C28H42BrNO4S. The summed E-state index contributed by atoms with van der Waals surface area (Å²) in [4.78, 5) is 13.5. The van der Waals surface area contributed by atoms with Crippen LogP contribution in [-0.4, -0.2) is 27.5 Å². The van der Waals surface area contributed by atoms with Crippen LogP contribution in [0.25, 0.3) is 0 Å². The molecule has 0 aromatic heterocycles. The number of halogens is 1. The first kappa shape index (κ1) is 28.4. The SMILES string of the molecule is C=CCCC(C(=O)OCCCCCCCC)[C@H]1[C@H]2CC[C@H](C2)[C@H]1CNS(=O)(=O)c1ccc(Br)cc1. The topological polar surface area (TPSA) is 72.5 Å². The fourth-order valence-electron chi connectivity index (χ4n) is 6.21. The number of carbonyl (C=O) groups excluding carboxylic acids is 1. The highest BCUT2D eigenvalue weighted by Gasteiger charge is 2.52. The summed E-state index contributed by atoms with van der Waals surface area (Å²) in [5.41, 5.74) is 0. The Hall–Kier alpha value is -1.18. The van der Waals surface area contributed by atoms with E-state index in [1.807, 2.05) is 6.08 Å². The lowest BCUT2D eigenvalue weighted by molar-refractivity contribution is -0.152. The summed E-state index contributed by atoms with van der Waals surface area (Å²) in [6.45, 7) is 6.92. The fraction of sp³-hybridized carbons (Fsp3) is 0.679. The molecule has 0 aliphatic heterocycles. The molecule has 2 saturated carbocycles. The lowest BCUT2D eigenvalue weighted by atomic mass is 9.71. The van der Waals surface area contributed by atoms with Crippen molar-refractivity contribution >= 4 is 31.9 Å². The Labute approximate surface area is 220 Å². The summed E-state index contributed by atoms with van der Waals surface area (Å²) < 4.78 is 35.3. The van der Waals surface area contributed by atoms with E-state index in [-0.39, 0.29) is 28.6 Å². The summed E-state index contributed by atoms with van der Waals surface area (Å²) in [7, 11) is -3.60. The average Bonchev–Trinajstić information content (AvgIpc) is 3.45. The molecule has 0 spiro atoms. The van der Waals surface area contributed by atoms with E-state index in [0.717, 1.165) is 49.4 Å². The average molecular weight is 569 g/mol. The number of hydrogen-bond donors (Lipinski definition) is 1. The van der Waals surface area contributed by atoms with E-state index >= 15 is 0 Å². The van der Waals surface area contributed by atoms with Crippen molar-refractivity contribution in [3.8, 4) is 0 Å². The molecule has 1 N–H and O–H groups in total. The number of carbonyl (C=O) groups is 1. The highest BCUT2D eigenvalue weighted by atomic mass is 79.9. The maximum Gasteiger partial charge on any atom is 0.309 e. The maximum absolute atomic E-state index is 13.2. The highest BCUT2D eigenvalue weighted by Crippen LogP contribution is 2.55. The number of esters is 1. The first-order valence-corrected chi connectivity index (χ1v) is 15.7. The first-order chi connectivity index (χ1) is 16.9. The second kappa shape index (κ2) is 13.9. The van der Waals surface area contributed by atoms with E-state index in [0.29, 0.717) is 25.0 Å². The zero-order valence-electron chi connectivity index (χ0n) is 21.1. The molecular weight excluding hydrogens is 526 g/mol. The maximum atomic E-state index is 13.2. The highest BCUT2D eigenvalue weighted by molar-refractivity contribution is 9.10. The Kier molecular flexibility index (Phi) is 11.3. The van der Waals surface area contributed by atoms with E-state index in [2.05, 4.69) is 34.2 Å². The quantitative estimate of drug-likeness (QED) is 0.134. The van der Waals surface area contributed by atoms with Crippen LogP contribution < -0.4 is 4.72 Å². The Bertz CT molecular complexity index is 917. The molecule has 0 radical (unpaired) electrons. The third-order valence-corrected chi connectivity index (χ3v) is 9.95. The number of hydrogen-bond acceptors (Lipinski definition) is 4. The molecule has 5 atom stereocenters. The number of allylic oxidation sites excluding steroid dienone is 1. The van der Waals surface area contributed by atoms with Crippen LogP contribution in [-0.2, 0) is 19.6 Å². The van der Waals surface area contributed by atoms with Gasteiger partial charge in [0.15, 0.2) is 0 Å². The molecule has 1 aromatic carbocycles. The van der Waals surface area contributed by atoms with Crippen LogP contribution in [0.5, 0.6) is 0 Å². The minimum atomic E-state index is -3.60. The van der Waals surface area contributed by atoms with Gasteiger partial charge in [-0.3, -0.25) is 4.79 Å². The van der Waals surface area contributed by atoms with Crippen molar-refractivity contribution in [2.75, 3.05) is 13.2 Å². The standard InChI is InChI=1S/C28H42BrNO4S/c1-3-5-7-8-9-10-18-34-28(31)25(11-6-4-2)27-22-13-12-21(19-22)26(27)20-30-35(32,33)24-16-14-23(29)15-17-24/h4,14-17,21-22,25-27,30H,2-3,5-13,18-20H2,1H3/t21-,22+,25?,26-,27-/m1/s1. The number of unbranched alkanes of at least 4 members (excludes halogenated alkanes) is 5. The Morgan fingerprint density at radius 1 is 1.14 bits per heavy atom. The van der Waals surface area contributed by atoms with Crippen molar-refractivity contribution in [3.05, 3.63) is 41.4 Å². The predicted octanol–water partition coefficient (Wildman–Crippen LogP) is 6.88. The van der Waals surface area contributed by atoms with E-state index in [1.54, 1.807) is 24.3 Å². The molecule has 1 unspecified atom stereocenters. The van der Waals surface area contributed by atoms with Crippen LogP contribution in [0.3, 0.4) is 0 Å². The van der Waals surface area contributed by atoms with Gasteiger partial charge in [-0.15, -0.1) is 6.58 Å². The zero-order chi connectivity index (χ0) is 25.3. The smallest absolute Gasteiger partial charge is 0.309 e. The molecule has 0 amide bonds. The number of benzene rings is 1. The summed E-state index contributed by atoms with van der Waals surface area (Å²) >= 11 is 3.36. The molecule has 196 valence electrons. The molecule has 2 aliphatic rings. The van der Waals surface area contributed by atoms with Gasteiger partial charge in [0.2, 0.25) is 10.0 Å². The summed E-state index contributed by atoms with van der Waals surface area (Å²) in [6.07, 6.45) is 13.6. The van der Waals surface area contributed by atoms with Gasteiger partial charge in [0.25, 0.3) is 0 Å². The first-order valence-electron chi connectivity index (χ1n) is 13.4. The number of rotatable bonds is 16. The van der Waals surface area contributed by atoms with Crippen LogP contribution in [0, 0.1) is 29.6 Å². The van der Waals surface area contributed by atoms with Crippen molar-refractivity contribution in [1.82, 2.24) is 4.72 Å². The van der Waals surface area contributed by atoms with Gasteiger partial charge in [-0.25, -0.2) is 13.1 Å². The third kappa shape index (κ3) is 7.90. The van der Waals surface area contributed by atoms with E-state index in [4.69, 9.17) is 4.74 Å². The normalized spacial score (nSPS) is 24.4. The van der Waals surface area contributed by atoms with Gasteiger partial charge in [-0.2, -0.15) is 0 Å². The van der Waals surface area contributed by atoms with Crippen LogP contribution in [0.15, 0.2) is 46.3 Å². The van der Waals surface area contributed by atoms with Crippen LogP contribution in [0.2, 0.25) is 0 Å². The van der Waals surface area contributed by atoms with Gasteiger partial charge in [0.05, 0.1) is 17.4 Å². The molecule has 2 aliphatic carbocycles. The number of sulfonamides is 1. The zero-order valence-corrected chi connectivity index (χ0v) is 23.5. The number of ether oxygens (including phenoxy) is 1. The van der Waals surface area contributed by atoms with E-state index < -0.39 is 10.0 Å². The minimum Gasteiger partial charge on any atom is -0.465 e. The predicted molar refractivity (Wildman–Crippen MR) is 144 cm³/mol. The van der Waals surface area contributed by atoms with E-state index in [1.165, 1.54) is 25.7 Å². The molecule has 35 heavy (non-hydrogen) atoms. The summed E-state index contributed by atoms with van der Waals surface area (Å²) in [5.74, 6) is 0.979. The lowest BCUT2D eigenvalue weighted by Crippen LogP contribution is -2.41. The second-order valence-corrected chi connectivity index (χ2v) is 13.0. The van der Waals surface area contributed by atoms with Crippen LogP contribution in [0.4, 0.5) is 0 Å². The molecule has 1 aromatic rings. The van der Waals surface area contributed by atoms with Gasteiger partial charge in [0, 0.05) is 11.0 Å². The fourth-order valence-corrected chi connectivity index (χ4v) is 7.55. The van der Waals surface area contributed by atoms with Gasteiger partial charge in [-0.05, 0) is 86.5 Å². The molecule has 3 rings (SSSR count). The summed E-state index contributed by atoms with van der Waals surface area (Å²) in [6, 6.07) is 6.69. The minimum absolute atomic E-state index is 0.0984. The Morgan fingerprint density at radius 2 is 1.83 bits per heavy atom. The van der Waals surface area contributed by atoms with Gasteiger partial charge in [-0.1, -0.05) is 61.0 Å². The molecule has 0 heterocycles. The molecule has 2 bridgehead atoms.